The van der Waals surface area contributed by atoms with E-state index in [1.807, 2.05) is 31.2 Å². The summed E-state index contributed by atoms with van der Waals surface area (Å²) in [6, 6.07) is 9.73. The molecule has 0 aliphatic heterocycles. The zero-order valence-electron chi connectivity index (χ0n) is 14.5. The van der Waals surface area contributed by atoms with E-state index >= 15 is 0 Å². The topological polar surface area (TPSA) is 42.4 Å². The van der Waals surface area contributed by atoms with Crippen LogP contribution in [0.2, 0.25) is 0 Å². The molecule has 0 radical (unpaired) electrons. The van der Waals surface area contributed by atoms with Gasteiger partial charge in [0, 0.05) is 16.6 Å². The van der Waals surface area contributed by atoms with Gasteiger partial charge in [0.25, 0.3) is 0 Å². The fourth-order valence-corrected chi connectivity index (χ4v) is 2.91. The summed E-state index contributed by atoms with van der Waals surface area (Å²) in [5.41, 5.74) is 2.86. The maximum absolute atomic E-state index is 12.6. The third kappa shape index (κ3) is 3.70. The number of carbonyl (C=O) groups is 1. The number of para-hydroxylation sites is 1. The van der Waals surface area contributed by atoms with E-state index in [-0.39, 0.29) is 5.97 Å². The average Bonchev–Trinajstić information content (AvgIpc) is 2.58. The molecule has 4 heteroatoms. The lowest BCUT2D eigenvalue weighted by molar-refractivity contribution is -0.149. The third-order valence-corrected chi connectivity index (χ3v) is 4.15. The van der Waals surface area contributed by atoms with Crippen LogP contribution in [0, 0.1) is 0 Å². The maximum Gasteiger partial charge on any atom is 0.328 e. The van der Waals surface area contributed by atoms with E-state index < -0.39 is 6.04 Å². The molecule has 0 saturated heterocycles. The molecular weight excluding hydrogens is 288 g/mol. The van der Waals surface area contributed by atoms with Crippen molar-refractivity contribution in [3.63, 3.8) is 0 Å². The van der Waals surface area contributed by atoms with Gasteiger partial charge in [0.1, 0.15) is 6.04 Å². The molecule has 1 aromatic carbocycles. The molecule has 124 valence electrons. The van der Waals surface area contributed by atoms with E-state index in [2.05, 4.69) is 31.7 Å². The van der Waals surface area contributed by atoms with Crippen LogP contribution in [0.25, 0.3) is 10.9 Å². The number of fused-ring (bicyclic) bond motifs is 1. The van der Waals surface area contributed by atoms with E-state index in [1.54, 1.807) is 0 Å². The Kier molecular flexibility index (Phi) is 6.11. The van der Waals surface area contributed by atoms with Gasteiger partial charge in [-0.1, -0.05) is 45.0 Å². The number of hydrogen-bond acceptors (Lipinski definition) is 4. The summed E-state index contributed by atoms with van der Waals surface area (Å²) in [6.07, 6.45) is 0.875. The number of ether oxygens (including phenoxy) is 1. The molecule has 1 unspecified atom stereocenters. The fourth-order valence-electron chi connectivity index (χ4n) is 2.91. The van der Waals surface area contributed by atoms with Crippen molar-refractivity contribution in [3.05, 3.63) is 41.6 Å². The van der Waals surface area contributed by atoms with Crippen molar-refractivity contribution in [1.29, 1.82) is 0 Å². The molecule has 0 aliphatic carbocycles. The van der Waals surface area contributed by atoms with Gasteiger partial charge in [0.2, 0.25) is 0 Å². The third-order valence-electron chi connectivity index (χ3n) is 4.15. The summed E-state index contributed by atoms with van der Waals surface area (Å²) < 4.78 is 5.34. The molecule has 0 N–H and O–H groups in total. The quantitative estimate of drug-likeness (QED) is 0.730. The molecule has 4 nitrogen and oxygen atoms in total. The number of esters is 1. The second kappa shape index (κ2) is 8.06. The molecule has 2 rings (SSSR count). The van der Waals surface area contributed by atoms with E-state index in [0.29, 0.717) is 6.61 Å². The zero-order chi connectivity index (χ0) is 16.8. The van der Waals surface area contributed by atoms with E-state index in [0.717, 1.165) is 41.7 Å². The van der Waals surface area contributed by atoms with Crippen LogP contribution in [0.15, 0.2) is 30.3 Å². The number of aromatic nitrogens is 1. The van der Waals surface area contributed by atoms with Crippen LogP contribution >= 0.6 is 0 Å². The zero-order valence-corrected chi connectivity index (χ0v) is 14.5. The summed E-state index contributed by atoms with van der Waals surface area (Å²) in [7, 11) is 0. The van der Waals surface area contributed by atoms with Crippen molar-refractivity contribution in [2.24, 2.45) is 0 Å². The fraction of sp³-hybridized carbons (Fsp3) is 0.474. The van der Waals surface area contributed by atoms with Crippen LogP contribution in [-0.2, 0) is 16.0 Å². The second-order valence-electron chi connectivity index (χ2n) is 5.45. The molecule has 0 aliphatic rings. The maximum atomic E-state index is 12.6. The summed E-state index contributed by atoms with van der Waals surface area (Å²) in [5.74, 6) is -0.201. The Bertz CT molecular complexity index is 665. The molecule has 2 aromatic rings. The van der Waals surface area contributed by atoms with Gasteiger partial charge in [0.15, 0.2) is 0 Å². The predicted octanol–water partition coefficient (Wildman–Crippen LogP) is 3.74. The van der Waals surface area contributed by atoms with Crippen LogP contribution in [0.3, 0.4) is 0 Å². The van der Waals surface area contributed by atoms with E-state index in [1.165, 1.54) is 0 Å². The van der Waals surface area contributed by atoms with Crippen molar-refractivity contribution < 1.29 is 9.53 Å². The van der Waals surface area contributed by atoms with Gasteiger partial charge < -0.3 is 4.74 Å². The largest absolute Gasteiger partial charge is 0.465 e. The number of hydrogen-bond donors (Lipinski definition) is 0. The lowest BCUT2D eigenvalue weighted by atomic mass is 10.0. The molecule has 0 bridgehead atoms. The Morgan fingerprint density at radius 2 is 1.87 bits per heavy atom. The molecule has 0 amide bonds. The number of benzene rings is 1. The Morgan fingerprint density at radius 1 is 1.13 bits per heavy atom. The van der Waals surface area contributed by atoms with E-state index in [4.69, 9.17) is 9.72 Å². The Hall–Kier alpha value is -1.94. The van der Waals surface area contributed by atoms with Gasteiger partial charge in [0.05, 0.1) is 12.1 Å². The SMILES string of the molecule is CCOC(=O)C(c1cccc2ccc(CC)nc12)N(CC)CC. The number of likely N-dealkylation sites (N-methyl/N-ethyl adjacent to an activating group) is 1. The van der Waals surface area contributed by atoms with Crippen molar-refractivity contribution >= 4 is 16.9 Å². The van der Waals surface area contributed by atoms with Crippen molar-refractivity contribution in [2.45, 2.75) is 40.2 Å². The van der Waals surface area contributed by atoms with Crippen LogP contribution in [0.4, 0.5) is 0 Å². The smallest absolute Gasteiger partial charge is 0.328 e. The standard InChI is InChI=1S/C19H26N2O2/c1-5-15-13-12-14-10-9-11-16(17(14)20-15)18(19(22)23-8-4)21(6-2)7-3/h9-13,18H,5-8H2,1-4H3. The summed E-state index contributed by atoms with van der Waals surface area (Å²) in [6.45, 7) is 10.00. The van der Waals surface area contributed by atoms with Crippen LogP contribution in [0.1, 0.15) is 45.0 Å². The van der Waals surface area contributed by atoms with Gasteiger partial charge >= 0.3 is 5.97 Å². The highest BCUT2D eigenvalue weighted by molar-refractivity contribution is 5.88. The Morgan fingerprint density at radius 3 is 2.48 bits per heavy atom. The van der Waals surface area contributed by atoms with Gasteiger partial charge in [-0.3, -0.25) is 9.88 Å². The summed E-state index contributed by atoms with van der Waals surface area (Å²) in [5, 5.41) is 1.06. The minimum absolute atomic E-state index is 0.201. The molecule has 0 fully saturated rings. The van der Waals surface area contributed by atoms with Gasteiger partial charge in [-0.25, -0.2) is 4.79 Å². The van der Waals surface area contributed by atoms with Crippen molar-refractivity contribution in [1.82, 2.24) is 9.88 Å². The molecule has 1 heterocycles. The Labute approximate surface area is 138 Å². The van der Waals surface area contributed by atoms with Gasteiger partial charge in [-0.15, -0.1) is 0 Å². The number of rotatable bonds is 7. The highest BCUT2D eigenvalue weighted by atomic mass is 16.5. The monoisotopic (exact) mass is 314 g/mol. The number of carbonyl (C=O) groups excluding carboxylic acids is 1. The first-order valence-electron chi connectivity index (χ1n) is 8.45. The molecule has 0 spiro atoms. The highest BCUT2D eigenvalue weighted by Crippen LogP contribution is 2.28. The van der Waals surface area contributed by atoms with Crippen molar-refractivity contribution in [2.75, 3.05) is 19.7 Å². The summed E-state index contributed by atoms with van der Waals surface area (Å²) in [4.78, 5) is 19.5. The minimum Gasteiger partial charge on any atom is -0.465 e. The lowest BCUT2D eigenvalue weighted by Crippen LogP contribution is -2.35. The molecule has 23 heavy (non-hydrogen) atoms. The Balaban J connectivity index is 2.61. The number of aryl methyl sites for hydroxylation is 1. The lowest BCUT2D eigenvalue weighted by Gasteiger charge is -2.28. The van der Waals surface area contributed by atoms with Crippen LogP contribution < -0.4 is 0 Å². The van der Waals surface area contributed by atoms with Gasteiger partial charge in [-0.05, 0) is 32.5 Å². The van der Waals surface area contributed by atoms with Crippen LogP contribution in [0.5, 0.6) is 0 Å². The first kappa shape index (κ1) is 17.4. The second-order valence-corrected chi connectivity index (χ2v) is 5.45. The molecule has 0 saturated carbocycles. The van der Waals surface area contributed by atoms with Crippen molar-refractivity contribution in [3.8, 4) is 0 Å². The predicted molar refractivity (Wildman–Crippen MR) is 93.4 cm³/mol. The molecule has 1 atom stereocenters. The minimum atomic E-state index is -0.409. The molecule has 1 aromatic heterocycles. The first-order chi connectivity index (χ1) is 11.2. The summed E-state index contributed by atoms with van der Waals surface area (Å²) >= 11 is 0. The average molecular weight is 314 g/mol. The molecular formula is C19H26N2O2. The number of nitrogens with zero attached hydrogens (tertiary/aromatic N) is 2. The number of pyridine rings is 1. The highest BCUT2D eigenvalue weighted by Gasteiger charge is 2.29. The van der Waals surface area contributed by atoms with E-state index in [9.17, 15) is 4.79 Å². The van der Waals surface area contributed by atoms with Gasteiger partial charge in [-0.2, -0.15) is 0 Å². The normalized spacial score (nSPS) is 12.6. The first-order valence-corrected chi connectivity index (χ1v) is 8.45. The van der Waals surface area contributed by atoms with Crippen LogP contribution in [-0.4, -0.2) is 35.5 Å².